The second-order valence-electron chi connectivity index (χ2n) is 5.45. The molecule has 0 radical (unpaired) electrons. The molecular formula is C18H17N3O3. The van der Waals surface area contributed by atoms with Gasteiger partial charge in [0.25, 0.3) is 5.56 Å². The second-order valence-corrected chi connectivity index (χ2v) is 5.45. The summed E-state index contributed by atoms with van der Waals surface area (Å²) in [7, 11) is 1.71. The van der Waals surface area contributed by atoms with Crippen LogP contribution in [0.3, 0.4) is 0 Å². The van der Waals surface area contributed by atoms with E-state index in [2.05, 4.69) is 4.98 Å². The lowest BCUT2D eigenvalue weighted by Crippen LogP contribution is -2.33. The van der Waals surface area contributed by atoms with Gasteiger partial charge < -0.3 is 9.32 Å². The molecule has 0 aliphatic carbocycles. The Hall–Kier alpha value is -3.15. The molecule has 0 saturated carbocycles. The number of benzene rings is 1. The Kier molecular flexibility index (Phi) is 4.56. The average Bonchev–Trinajstić information content (AvgIpc) is 3.12. The van der Waals surface area contributed by atoms with Gasteiger partial charge in [0.1, 0.15) is 12.2 Å². The number of hydrogen-bond donors (Lipinski definition) is 0. The minimum atomic E-state index is -0.294. The Labute approximate surface area is 139 Å². The van der Waals surface area contributed by atoms with Crippen molar-refractivity contribution < 1.29 is 9.21 Å². The fourth-order valence-corrected chi connectivity index (χ4v) is 2.32. The van der Waals surface area contributed by atoms with Gasteiger partial charge in [0.2, 0.25) is 5.91 Å². The van der Waals surface area contributed by atoms with Crippen molar-refractivity contribution in [3.63, 3.8) is 0 Å². The van der Waals surface area contributed by atoms with Gasteiger partial charge in [-0.05, 0) is 17.7 Å². The van der Waals surface area contributed by atoms with Crippen LogP contribution in [0, 0.1) is 0 Å². The van der Waals surface area contributed by atoms with Crippen molar-refractivity contribution in [2.45, 2.75) is 13.1 Å². The molecule has 1 aromatic carbocycles. The van der Waals surface area contributed by atoms with Gasteiger partial charge in [-0.15, -0.1) is 0 Å². The first-order valence-corrected chi connectivity index (χ1v) is 7.52. The smallest absolute Gasteiger partial charge is 0.254 e. The molecule has 6 nitrogen and oxygen atoms in total. The predicted molar refractivity (Wildman–Crippen MR) is 89.1 cm³/mol. The molecule has 0 aliphatic heterocycles. The third-order valence-electron chi connectivity index (χ3n) is 3.65. The van der Waals surface area contributed by atoms with Crippen LogP contribution in [0.15, 0.2) is 70.3 Å². The number of nitrogens with zero attached hydrogens (tertiary/aromatic N) is 3. The Morgan fingerprint density at radius 2 is 2.00 bits per heavy atom. The summed E-state index contributed by atoms with van der Waals surface area (Å²) < 4.78 is 6.50. The van der Waals surface area contributed by atoms with Crippen LogP contribution in [-0.2, 0) is 17.9 Å². The first-order chi connectivity index (χ1) is 11.6. The van der Waals surface area contributed by atoms with E-state index in [0.29, 0.717) is 18.0 Å². The van der Waals surface area contributed by atoms with E-state index in [9.17, 15) is 9.59 Å². The molecule has 122 valence electrons. The number of amides is 1. The summed E-state index contributed by atoms with van der Waals surface area (Å²) in [5.74, 6) is 0.361. The number of carbonyl (C=O) groups excluding carboxylic acids is 1. The first-order valence-electron chi connectivity index (χ1n) is 7.52. The lowest BCUT2D eigenvalue weighted by molar-refractivity contribution is -0.131. The summed E-state index contributed by atoms with van der Waals surface area (Å²) >= 11 is 0. The summed E-state index contributed by atoms with van der Waals surface area (Å²) in [6, 6.07) is 14.5. The Bertz CT molecular complexity index is 870. The topological polar surface area (TPSA) is 68.3 Å². The molecule has 0 N–H and O–H groups in total. The zero-order chi connectivity index (χ0) is 16.9. The van der Waals surface area contributed by atoms with Crippen molar-refractivity contribution in [2.24, 2.45) is 0 Å². The van der Waals surface area contributed by atoms with E-state index in [4.69, 9.17) is 4.42 Å². The van der Waals surface area contributed by atoms with Crippen LogP contribution >= 0.6 is 0 Å². The Balaban J connectivity index is 1.69. The van der Waals surface area contributed by atoms with E-state index in [0.717, 1.165) is 5.56 Å². The predicted octanol–water partition coefficient (Wildman–Crippen LogP) is 2.16. The largest absolute Gasteiger partial charge is 0.463 e. The van der Waals surface area contributed by atoms with E-state index >= 15 is 0 Å². The van der Waals surface area contributed by atoms with Crippen molar-refractivity contribution in [1.82, 2.24) is 14.5 Å². The monoisotopic (exact) mass is 323 g/mol. The summed E-state index contributed by atoms with van der Waals surface area (Å²) in [4.78, 5) is 30.2. The third kappa shape index (κ3) is 3.60. The zero-order valence-corrected chi connectivity index (χ0v) is 13.3. The van der Waals surface area contributed by atoms with Crippen LogP contribution in [0.25, 0.3) is 11.5 Å². The van der Waals surface area contributed by atoms with Gasteiger partial charge in [-0.25, -0.2) is 4.98 Å². The highest BCUT2D eigenvalue weighted by atomic mass is 16.3. The second kappa shape index (κ2) is 6.95. The maximum Gasteiger partial charge on any atom is 0.254 e. The van der Waals surface area contributed by atoms with Crippen LogP contribution < -0.4 is 5.56 Å². The van der Waals surface area contributed by atoms with E-state index in [-0.39, 0.29) is 18.0 Å². The molecular weight excluding hydrogens is 306 g/mol. The fraction of sp³-hybridized carbons (Fsp3) is 0.167. The van der Waals surface area contributed by atoms with E-state index in [1.807, 2.05) is 30.3 Å². The van der Waals surface area contributed by atoms with Crippen LogP contribution in [0.4, 0.5) is 0 Å². The molecule has 6 heteroatoms. The molecule has 3 rings (SSSR count). The number of likely N-dealkylation sites (N-methyl/N-ethyl adjacent to an activating group) is 1. The molecule has 1 amide bonds. The van der Waals surface area contributed by atoms with Crippen LogP contribution in [0.5, 0.6) is 0 Å². The molecule has 0 unspecified atom stereocenters. The van der Waals surface area contributed by atoms with Gasteiger partial charge in [-0.2, -0.15) is 0 Å². The zero-order valence-electron chi connectivity index (χ0n) is 13.3. The SMILES string of the molecule is CN(Cc1ccccc1)C(=O)Cn1cnc(-c2ccco2)cc1=O. The minimum Gasteiger partial charge on any atom is -0.463 e. The first kappa shape index (κ1) is 15.7. The summed E-state index contributed by atoms with van der Waals surface area (Å²) in [6.45, 7) is 0.444. The van der Waals surface area contributed by atoms with Crippen LogP contribution in [0.1, 0.15) is 5.56 Å². The number of aromatic nitrogens is 2. The molecule has 3 aromatic rings. The van der Waals surface area contributed by atoms with E-state index in [1.54, 1.807) is 24.1 Å². The minimum absolute atomic E-state index is 0.0480. The summed E-state index contributed by atoms with van der Waals surface area (Å²) in [5, 5.41) is 0. The summed E-state index contributed by atoms with van der Waals surface area (Å²) in [6.07, 6.45) is 2.89. The van der Waals surface area contributed by atoms with Gasteiger partial charge >= 0.3 is 0 Å². The maximum absolute atomic E-state index is 12.3. The molecule has 24 heavy (non-hydrogen) atoms. The van der Waals surface area contributed by atoms with Gasteiger partial charge in [0, 0.05) is 19.7 Å². The molecule has 0 spiro atoms. The van der Waals surface area contributed by atoms with E-state index < -0.39 is 0 Å². The normalized spacial score (nSPS) is 10.5. The standard InChI is InChI=1S/C18H17N3O3/c1-20(11-14-6-3-2-4-7-14)18(23)12-21-13-19-15(10-17(21)22)16-8-5-9-24-16/h2-10,13H,11-12H2,1H3. The van der Waals surface area contributed by atoms with Crippen molar-refractivity contribution in [1.29, 1.82) is 0 Å². The highest BCUT2D eigenvalue weighted by molar-refractivity contribution is 5.75. The Morgan fingerprint density at radius 3 is 2.67 bits per heavy atom. The number of carbonyl (C=O) groups is 1. The lowest BCUT2D eigenvalue weighted by atomic mass is 10.2. The van der Waals surface area contributed by atoms with Gasteiger partial charge in [-0.1, -0.05) is 30.3 Å². The molecule has 0 saturated heterocycles. The fourth-order valence-electron chi connectivity index (χ4n) is 2.32. The molecule has 0 atom stereocenters. The lowest BCUT2D eigenvalue weighted by Gasteiger charge is -2.17. The van der Waals surface area contributed by atoms with Crippen molar-refractivity contribution in [3.8, 4) is 11.5 Å². The number of furan rings is 1. The van der Waals surface area contributed by atoms with Gasteiger partial charge in [0.05, 0.1) is 12.6 Å². The van der Waals surface area contributed by atoms with Crippen LogP contribution in [0.2, 0.25) is 0 Å². The maximum atomic E-state index is 12.3. The van der Waals surface area contributed by atoms with Crippen molar-refractivity contribution in [3.05, 3.63) is 77.0 Å². The molecule has 2 aromatic heterocycles. The van der Waals surface area contributed by atoms with Crippen molar-refractivity contribution in [2.75, 3.05) is 7.05 Å². The van der Waals surface area contributed by atoms with Gasteiger partial charge in [-0.3, -0.25) is 14.2 Å². The van der Waals surface area contributed by atoms with Gasteiger partial charge in [0.15, 0.2) is 5.76 Å². The number of rotatable bonds is 5. The average molecular weight is 323 g/mol. The quantitative estimate of drug-likeness (QED) is 0.721. The van der Waals surface area contributed by atoms with Crippen molar-refractivity contribution >= 4 is 5.91 Å². The molecule has 2 heterocycles. The third-order valence-corrected chi connectivity index (χ3v) is 3.65. The van der Waals surface area contributed by atoms with E-state index in [1.165, 1.54) is 23.2 Å². The molecule has 0 fully saturated rings. The highest BCUT2D eigenvalue weighted by Crippen LogP contribution is 2.14. The molecule has 0 aliphatic rings. The summed E-state index contributed by atoms with van der Waals surface area (Å²) in [5.41, 5.74) is 1.19. The number of hydrogen-bond acceptors (Lipinski definition) is 4. The van der Waals surface area contributed by atoms with Crippen LogP contribution in [-0.4, -0.2) is 27.4 Å². The highest BCUT2D eigenvalue weighted by Gasteiger charge is 2.12. The Morgan fingerprint density at radius 1 is 1.21 bits per heavy atom. The molecule has 0 bridgehead atoms.